The number of rotatable bonds is 5. The van der Waals surface area contributed by atoms with Crippen LogP contribution >= 0.6 is 0 Å². The van der Waals surface area contributed by atoms with E-state index in [0.29, 0.717) is 19.4 Å². The number of esters is 1. The summed E-state index contributed by atoms with van der Waals surface area (Å²) < 4.78 is 18.1. The third kappa shape index (κ3) is 3.70. The van der Waals surface area contributed by atoms with Gasteiger partial charge in [-0.05, 0) is 45.1 Å². The number of epoxide rings is 1. The van der Waals surface area contributed by atoms with Crippen LogP contribution in [0.1, 0.15) is 61.3 Å². The van der Waals surface area contributed by atoms with Gasteiger partial charge in [0.05, 0.1) is 18.8 Å². The van der Waals surface area contributed by atoms with Gasteiger partial charge in [0, 0.05) is 29.7 Å². The quantitative estimate of drug-likeness (QED) is 0.374. The highest BCUT2D eigenvalue weighted by molar-refractivity contribution is 5.96. The predicted octanol–water partition coefficient (Wildman–Crippen LogP) is 3.69. The third-order valence-electron chi connectivity index (χ3n) is 8.32. The number of allylic oxidation sites excluding steroid dienone is 2. The van der Waals surface area contributed by atoms with Crippen molar-refractivity contribution < 1.29 is 23.8 Å². The van der Waals surface area contributed by atoms with Gasteiger partial charge in [-0.3, -0.25) is 4.79 Å². The Morgan fingerprint density at radius 2 is 1.87 bits per heavy atom. The standard InChI is InChI=1S/C19H24O5.C6H15N/c1-5-6-16(21)24-14-8-15-19(10-22-19)18(14,4)17(3)9-12(20)11(2)7-13(17)23-15;1-4-7(5-2)6-3/h5-7,13-15H,8-10H2,1-4H3;4-6H2,1-3H3/b6-5-;/t13-,14-,15-,17+,18-,19-;/m1./s1. The summed E-state index contributed by atoms with van der Waals surface area (Å²) in [6, 6.07) is 0. The highest BCUT2D eigenvalue weighted by atomic mass is 16.6. The molecule has 4 aliphatic rings. The molecule has 0 unspecified atom stereocenters. The summed E-state index contributed by atoms with van der Waals surface area (Å²) in [7, 11) is 0. The number of hydrogen-bond acceptors (Lipinski definition) is 6. The zero-order chi connectivity index (χ0) is 23.0. The Hall–Kier alpha value is -1.50. The molecule has 31 heavy (non-hydrogen) atoms. The molecule has 2 aliphatic heterocycles. The number of carbonyl (C=O) groups excluding carboxylic acids is 2. The van der Waals surface area contributed by atoms with Crippen LogP contribution in [0.5, 0.6) is 0 Å². The van der Waals surface area contributed by atoms with Crippen LogP contribution in [0.4, 0.5) is 0 Å². The summed E-state index contributed by atoms with van der Waals surface area (Å²) in [5, 5.41) is 0. The minimum atomic E-state index is -0.450. The van der Waals surface area contributed by atoms with E-state index in [-0.39, 0.29) is 30.1 Å². The van der Waals surface area contributed by atoms with Gasteiger partial charge in [-0.1, -0.05) is 40.7 Å². The van der Waals surface area contributed by atoms with Crippen LogP contribution in [0.3, 0.4) is 0 Å². The molecule has 1 saturated carbocycles. The van der Waals surface area contributed by atoms with Gasteiger partial charge in [-0.15, -0.1) is 0 Å². The maximum absolute atomic E-state index is 12.5. The van der Waals surface area contributed by atoms with Gasteiger partial charge in [0.25, 0.3) is 0 Å². The summed E-state index contributed by atoms with van der Waals surface area (Å²) in [6.07, 6.45) is 5.51. The van der Waals surface area contributed by atoms with Crippen molar-refractivity contribution in [2.45, 2.75) is 85.2 Å². The lowest BCUT2D eigenvalue weighted by molar-refractivity contribution is -0.208. The minimum absolute atomic E-state index is 0.0961. The molecule has 2 aliphatic carbocycles. The first-order chi connectivity index (χ1) is 14.6. The molecule has 2 saturated heterocycles. The lowest BCUT2D eigenvalue weighted by Gasteiger charge is -2.56. The van der Waals surface area contributed by atoms with Crippen molar-refractivity contribution in [2.75, 3.05) is 26.2 Å². The van der Waals surface area contributed by atoms with E-state index in [0.717, 1.165) is 5.57 Å². The molecule has 0 radical (unpaired) electrons. The van der Waals surface area contributed by atoms with Crippen molar-refractivity contribution in [1.29, 1.82) is 0 Å². The van der Waals surface area contributed by atoms with Gasteiger partial charge in [-0.2, -0.15) is 0 Å². The first kappa shape index (κ1) is 24.1. The highest BCUT2D eigenvalue weighted by Crippen LogP contribution is 2.71. The van der Waals surface area contributed by atoms with Crippen molar-refractivity contribution in [3.05, 3.63) is 23.8 Å². The maximum Gasteiger partial charge on any atom is 0.330 e. The van der Waals surface area contributed by atoms with E-state index in [2.05, 4.69) is 39.5 Å². The van der Waals surface area contributed by atoms with E-state index in [1.54, 1.807) is 13.0 Å². The predicted molar refractivity (Wildman–Crippen MR) is 120 cm³/mol. The van der Waals surface area contributed by atoms with Gasteiger partial charge < -0.3 is 19.1 Å². The second-order valence-corrected chi connectivity index (χ2v) is 9.57. The van der Waals surface area contributed by atoms with E-state index in [1.807, 2.05) is 13.0 Å². The molecule has 6 heteroatoms. The molecular weight excluding hydrogens is 394 g/mol. The molecule has 2 bridgehead atoms. The summed E-state index contributed by atoms with van der Waals surface area (Å²) in [4.78, 5) is 26.9. The first-order valence-electron chi connectivity index (χ1n) is 11.7. The minimum Gasteiger partial charge on any atom is -0.458 e. The van der Waals surface area contributed by atoms with Crippen LogP contribution < -0.4 is 0 Å². The topological polar surface area (TPSA) is 68.4 Å². The Morgan fingerprint density at radius 1 is 1.26 bits per heavy atom. The summed E-state index contributed by atoms with van der Waals surface area (Å²) in [5.41, 5.74) is -0.569. The molecule has 3 fully saturated rings. The number of ether oxygens (including phenoxy) is 3. The van der Waals surface area contributed by atoms with Crippen LogP contribution in [-0.4, -0.2) is 66.8 Å². The van der Waals surface area contributed by atoms with Crippen LogP contribution in [-0.2, 0) is 23.8 Å². The SMILES string of the molecule is C/C=C\C(=O)O[C@@H]1C[C@H]2O[C@@H]3C=C(C)C(=O)C[C@]3(C)[C@]1(C)[C@@]21CO1.CCN(CC)CC. The molecule has 0 amide bonds. The number of Topliss-reactive ketones (excluding diaryl/α,β-unsaturated/α-hetero) is 1. The average Bonchev–Trinajstić information content (AvgIpc) is 3.50. The summed E-state index contributed by atoms with van der Waals surface area (Å²) >= 11 is 0. The van der Waals surface area contributed by atoms with E-state index in [4.69, 9.17) is 14.2 Å². The van der Waals surface area contributed by atoms with E-state index >= 15 is 0 Å². The maximum atomic E-state index is 12.5. The van der Waals surface area contributed by atoms with Gasteiger partial charge >= 0.3 is 5.97 Å². The molecule has 6 atom stereocenters. The van der Waals surface area contributed by atoms with Crippen LogP contribution in [0.2, 0.25) is 0 Å². The molecule has 174 valence electrons. The lowest BCUT2D eigenvalue weighted by Crippen LogP contribution is -2.64. The van der Waals surface area contributed by atoms with Crippen molar-refractivity contribution >= 4 is 11.8 Å². The normalized spacial score (nSPS) is 40.5. The van der Waals surface area contributed by atoms with Crippen LogP contribution in [0, 0.1) is 10.8 Å². The molecule has 6 nitrogen and oxygen atoms in total. The zero-order valence-corrected chi connectivity index (χ0v) is 20.2. The molecule has 4 rings (SSSR count). The Bertz CT molecular complexity index is 760. The van der Waals surface area contributed by atoms with Crippen molar-refractivity contribution in [3.63, 3.8) is 0 Å². The lowest BCUT2D eigenvalue weighted by atomic mass is 9.52. The molecule has 1 spiro atoms. The third-order valence-corrected chi connectivity index (χ3v) is 8.32. The van der Waals surface area contributed by atoms with E-state index in [1.165, 1.54) is 25.7 Å². The van der Waals surface area contributed by atoms with E-state index in [9.17, 15) is 9.59 Å². The molecular formula is C25H39NO5. The second kappa shape index (κ2) is 8.80. The second-order valence-electron chi connectivity index (χ2n) is 9.57. The zero-order valence-electron chi connectivity index (χ0n) is 20.2. The largest absolute Gasteiger partial charge is 0.458 e. The first-order valence-corrected chi connectivity index (χ1v) is 11.7. The Kier molecular flexibility index (Phi) is 6.85. The van der Waals surface area contributed by atoms with Gasteiger partial charge in [0.15, 0.2) is 5.78 Å². The fourth-order valence-electron chi connectivity index (χ4n) is 5.88. The van der Waals surface area contributed by atoms with Crippen LogP contribution in [0.25, 0.3) is 0 Å². The van der Waals surface area contributed by atoms with Crippen molar-refractivity contribution in [1.82, 2.24) is 4.90 Å². The summed E-state index contributed by atoms with van der Waals surface area (Å²) in [6.45, 7) is 18.6. The fraction of sp³-hybridized carbons (Fsp3) is 0.760. The van der Waals surface area contributed by atoms with Crippen LogP contribution in [0.15, 0.2) is 23.8 Å². The number of nitrogens with zero attached hydrogens (tertiary/aromatic N) is 1. The molecule has 0 aromatic carbocycles. The Morgan fingerprint density at radius 3 is 2.35 bits per heavy atom. The monoisotopic (exact) mass is 433 g/mol. The Balaban J connectivity index is 0.000000339. The highest BCUT2D eigenvalue weighted by Gasteiger charge is 2.82. The van der Waals surface area contributed by atoms with Gasteiger partial charge in [-0.25, -0.2) is 4.79 Å². The molecule has 0 N–H and O–H groups in total. The molecule has 2 heterocycles. The molecule has 0 aromatic rings. The Labute approximate surface area is 187 Å². The summed E-state index contributed by atoms with van der Waals surface area (Å²) in [5.74, 6) is -0.209. The average molecular weight is 434 g/mol. The molecule has 0 aromatic heterocycles. The van der Waals surface area contributed by atoms with Gasteiger partial charge in [0.2, 0.25) is 0 Å². The smallest absolute Gasteiger partial charge is 0.330 e. The van der Waals surface area contributed by atoms with Crippen molar-refractivity contribution in [2.24, 2.45) is 10.8 Å². The van der Waals surface area contributed by atoms with Crippen molar-refractivity contribution in [3.8, 4) is 0 Å². The van der Waals surface area contributed by atoms with Gasteiger partial charge in [0.1, 0.15) is 11.7 Å². The number of carbonyl (C=O) groups is 2. The number of hydrogen-bond donors (Lipinski definition) is 0. The fourth-order valence-corrected chi connectivity index (χ4v) is 5.88. The number of ketones is 1. The number of fused-ring (bicyclic) bond motifs is 2. The van der Waals surface area contributed by atoms with E-state index < -0.39 is 16.4 Å².